The van der Waals surface area contributed by atoms with Crippen LogP contribution < -0.4 is 14.9 Å². The van der Waals surface area contributed by atoms with E-state index in [2.05, 4.69) is 15.5 Å². The minimum atomic E-state index is -0.514. The van der Waals surface area contributed by atoms with Gasteiger partial charge in [0.05, 0.1) is 30.9 Å². The summed E-state index contributed by atoms with van der Waals surface area (Å²) in [6.45, 7) is 0. The van der Waals surface area contributed by atoms with Gasteiger partial charge in [0.1, 0.15) is 23.5 Å². The average Bonchev–Trinajstić information content (AvgIpc) is 2.55. The van der Waals surface area contributed by atoms with E-state index in [1.807, 2.05) is 0 Å². The summed E-state index contributed by atoms with van der Waals surface area (Å²) in [5.74, 6) is 1.61. The third kappa shape index (κ3) is 3.48. The number of nitro groups is 1. The molecular weight excluding hydrogens is 288 g/mol. The summed E-state index contributed by atoms with van der Waals surface area (Å²) in [6, 6.07) is 8.19. The first-order valence-electron chi connectivity index (χ1n) is 6.26. The first-order chi connectivity index (χ1) is 10.7. The van der Waals surface area contributed by atoms with Crippen molar-refractivity contribution in [1.29, 1.82) is 0 Å². The normalized spacial score (nSPS) is 10.5. The first kappa shape index (κ1) is 15.2. The number of nitrogens with zero attached hydrogens (tertiary/aromatic N) is 3. The van der Waals surface area contributed by atoms with E-state index in [-0.39, 0.29) is 5.69 Å². The van der Waals surface area contributed by atoms with Crippen LogP contribution in [0, 0.1) is 10.1 Å². The Kier molecular flexibility index (Phi) is 4.86. The van der Waals surface area contributed by atoms with Crippen molar-refractivity contribution in [1.82, 2.24) is 4.98 Å². The Morgan fingerprint density at radius 2 is 1.91 bits per heavy atom. The van der Waals surface area contributed by atoms with Gasteiger partial charge >= 0.3 is 0 Å². The first-order valence-corrected chi connectivity index (χ1v) is 6.26. The molecule has 0 atom stereocenters. The number of rotatable bonds is 6. The lowest BCUT2D eigenvalue weighted by atomic mass is 10.2. The van der Waals surface area contributed by atoms with Gasteiger partial charge in [0.15, 0.2) is 0 Å². The second-order valence-electron chi connectivity index (χ2n) is 4.10. The molecule has 22 heavy (non-hydrogen) atoms. The molecular formula is C14H14N4O4. The number of methoxy groups -OCH3 is 2. The summed E-state index contributed by atoms with van der Waals surface area (Å²) < 4.78 is 10.5. The van der Waals surface area contributed by atoms with Crippen LogP contribution in [0.4, 0.5) is 11.5 Å². The molecule has 0 radical (unpaired) electrons. The van der Waals surface area contributed by atoms with Gasteiger partial charge in [-0.05, 0) is 18.2 Å². The zero-order valence-corrected chi connectivity index (χ0v) is 12.0. The molecule has 0 aliphatic heterocycles. The fraction of sp³-hybridized carbons (Fsp3) is 0.143. The Hall–Kier alpha value is -3.16. The lowest BCUT2D eigenvalue weighted by Gasteiger charge is -2.09. The molecule has 0 aliphatic carbocycles. The number of pyridine rings is 1. The van der Waals surface area contributed by atoms with E-state index < -0.39 is 4.92 Å². The fourth-order valence-corrected chi connectivity index (χ4v) is 1.73. The van der Waals surface area contributed by atoms with Gasteiger partial charge in [0.2, 0.25) is 0 Å². The molecule has 0 amide bonds. The quantitative estimate of drug-likeness (QED) is 0.500. The molecule has 0 unspecified atom stereocenters. The van der Waals surface area contributed by atoms with Crippen LogP contribution >= 0.6 is 0 Å². The van der Waals surface area contributed by atoms with Crippen molar-refractivity contribution >= 4 is 17.7 Å². The highest BCUT2D eigenvalue weighted by Crippen LogP contribution is 2.26. The zero-order valence-electron chi connectivity index (χ0n) is 12.0. The lowest BCUT2D eigenvalue weighted by Crippen LogP contribution is -1.98. The minimum Gasteiger partial charge on any atom is -0.496 e. The predicted molar refractivity (Wildman–Crippen MR) is 81.7 cm³/mol. The molecule has 0 spiro atoms. The maximum absolute atomic E-state index is 10.5. The second kappa shape index (κ2) is 7.02. The third-order valence-electron chi connectivity index (χ3n) is 2.80. The number of anilines is 1. The van der Waals surface area contributed by atoms with Crippen LogP contribution in [0.1, 0.15) is 5.56 Å². The predicted octanol–water partition coefficient (Wildman–Crippen LogP) is 2.45. The van der Waals surface area contributed by atoms with E-state index in [1.165, 1.54) is 18.3 Å². The van der Waals surface area contributed by atoms with Crippen LogP contribution in [-0.2, 0) is 0 Å². The minimum absolute atomic E-state index is 0.0825. The molecule has 2 aromatic rings. The number of hydrazone groups is 1. The Labute approximate surface area is 126 Å². The number of benzene rings is 1. The van der Waals surface area contributed by atoms with E-state index in [0.717, 1.165) is 6.20 Å². The van der Waals surface area contributed by atoms with Gasteiger partial charge in [-0.2, -0.15) is 5.10 Å². The van der Waals surface area contributed by atoms with E-state index in [9.17, 15) is 10.1 Å². The highest BCUT2D eigenvalue weighted by atomic mass is 16.6. The number of nitrogens with one attached hydrogen (secondary N) is 1. The molecule has 0 saturated heterocycles. The largest absolute Gasteiger partial charge is 0.496 e. The molecule has 1 aromatic heterocycles. The van der Waals surface area contributed by atoms with Crippen LogP contribution in [0.2, 0.25) is 0 Å². The second-order valence-corrected chi connectivity index (χ2v) is 4.10. The van der Waals surface area contributed by atoms with Crippen molar-refractivity contribution in [2.45, 2.75) is 0 Å². The number of aromatic nitrogens is 1. The van der Waals surface area contributed by atoms with Gasteiger partial charge in [0, 0.05) is 6.07 Å². The van der Waals surface area contributed by atoms with Crippen LogP contribution in [0.3, 0.4) is 0 Å². The fourth-order valence-electron chi connectivity index (χ4n) is 1.73. The van der Waals surface area contributed by atoms with Crippen molar-refractivity contribution in [2.24, 2.45) is 5.10 Å². The molecule has 1 heterocycles. The monoisotopic (exact) mass is 302 g/mol. The third-order valence-corrected chi connectivity index (χ3v) is 2.80. The van der Waals surface area contributed by atoms with Crippen molar-refractivity contribution in [3.05, 3.63) is 52.2 Å². The van der Waals surface area contributed by atoms with Crippen molar-refractivity contribution in [3.63, 3.8) is 0 Å². The van der Waals surface area contributed by atoms with Gasteiger partial charge in [-0.25, -0.2) is 4.98 Å². The number of hydrogen-bond donors (Lipinski definition) is 1. The van der Waals surface area contributed by atoms with Gasteiger partial charge < -0.3 is 9.47 Å². The van der Waals surface area contributed by atoms with Gasteiger partial charge in [-0.1, -0.05) is 6.07 Å². The SMILES string of the molecule is COc1cccc(OC)c1/C=N/Nc1ccc([N+](=O)[O-])cn1. The molecule has 0 aliphatic rings. The summed E-state index contributed by atoms with van der Waals surface area (Å²) in [5, 5.41) is 14.6. The smallest absolute Gasteiger partial charge is 0.287 e. The van der Waals surface area contributed by atoms with Crippen molar-refractivity contribution in [3.8, 4) is 11.5 Å². The van der Waals surface area contributed by atoms with Crippen molar-refractivity contribution in [2.75, 3.05) is 19.6 Å². The Morgan fingerprint density at radius 3 is 2.41 bits per heavy atom. The van der Waals surface area contributed by atoms with Crippen molar-refractivity contribution < 1.29 is 14.4 Å². The van der Waals surface area contributed by atoms with Crippen LogP contribution in [0.5, 0.6) is 11.5 Å². The molecule has 8 nitrogen and oxygen atoms in total. The highest BCUT2D eigenvalue weighted by Gasteiger charge is 2.07. The van der Waals surface area contributed by atoms with E-state index in [4.69, 9.17) is 9.47 Å². The zero-order chi connectivity index (χ0) is 15.9. The van der Waals surface area contributed by atoms with E-state index in [0.29, 0.717) is 22.9 Å². The number of ether oxygens (including phenoxy) is 2. The molecule has 0 fully saturated rings. The molecule has 114 valence electrons. The van der Waals surface area contributed by atoms with Crippen LogP contribution in [0.15, 0.2) is 41.6 Å². The summed E-state index contributed by atoms with van der Waals surface area (Å²) in [4.78, 5) is 13.9. The van der Waals surface area contributed by atoms with Crippen LogP contribution in [0.25, 0.3) is 0 Å². The topological polar surface area (TPSA) is 98.9 Å². The maximum atomic E-state index is 10.5. The van der Waals surface area contributed by atoms with Crippen LogP contribution in [-0.4, -0.2) is 30.3 Å². The lowest BCUT2D eigenvalue weighted by molar-refractivity contribution is -0.385. The highest BCUT2D eigenvalue weighted by molar-refractivity contribution is 5.87. The average molecular weight is 302 g/mol. The van der Waals surface area contributed by atoms with Gasteiger partial charge in [-0.3, -0.25) is 15.5 Å². The summed E-state index contributed by atoms with van der Waals surface area (Å²) in [6.07, 6.45) is 2.68. The maximum Gasteiger partial charge on any atom is 0.287 e. The Morgan fingerprint density at radius 1 is 1.23 bits per heavy atom. The number of hydrogen-bond acceptors (Lipinski definition) is 7. The molecule has 0 saturated carbocycles. The Balaban J connectivity index is 2.14. The van der Waals surface area contributed by atoms with Gasteiger partial charge in [-0.15, -0.1) is 0 Å². The Bertz CT molecular complexity index is 663. The summed E-state index contributed by atoms with van der Waals surface area (Å²) in [7, 11) is 3.11. The molecule has 1 aromatic carbocycles. The molecule has 0 bridgehead atoms. The standard InChI is InChI=1S/C14H14N4O4/c1-21-12-4-3-5-13(22-2)11(12)9-16-17-14-7-6-10(8-15-14)18(19)20/h3-9H,1-2H3,(H,15,17)/b16-9+. The molecule has 1 N–H and O–H groups in total. The van der Waals surface area contributed by atoms with Gasteiger partial charge in [0.25, 0.3) is 5.69 Å². The summed E-state index contributed by atoms with van der Waals surface area (Å²) >= 11 is 0. The summed E-state index contributed by atoms with van der Waals surface area (Å²) in [5.41, 5.74) is 3.27. The molecule has 8 heteroatoms. The molecule has 2 rings (SSSR count). The van der Waals surface area contributed by atoms with E-state index >= 15 is 0 Å². The van der Waals surface area contributed by atoms with E-state index in [1.54, 1.807) is 32.4 Å².